The largest absolute Gasteiger partial charge is 0.314 e. The van der Waals surface area contributed by atoms with Gasteiger partial charge in [0.1, 0.15) is 11.6 Å². The van der Waals surface area contributed by atoms with Gasteiger partial charge in [0.25, 0.3) is 5.91 Å². The third-order valence-corrected chi connectivity index (χ3v) is 5.43. The highest BCUT2D eigenvalue weighted by molar-refractivity contribution is 8.18. The molecule has 0 spiro atoms. The molecule has 1 amide bonds. The van der Waals surface area contributed by atoms with E-state index < -0.39 is 0 Å². The van der Waals surface area contributed by atoms with E-state index in [0.29, 0.717) is 33.7 Å². The fourth-order valence-electron chi connectivity index (χ4n) is 3.01. The highest BCUT2D eigenvalue weighted by Crippen LogP contribution is 2.34. The number of amides is 1. The maximum absolute atomic E-state index is 14.2. The van der Waals surface area contributed by atoms with Crippen molar-refractivity contribution in [3.63, 3.8) is 0 Å². The van der Waals surface area contributed by atoms with Crippen LogP contribution >= 0.6 is 11.8 Å². The van der Waals surface area contributed by atoms with Crippen LogP contribution in [0.15, 0.2) is 76.8 Å². The van der Waals surface area contributed by atoms with Gasteiger partial charge in [-0.25, -0.2) is 13.8 Å². The zero-order chi connectivity index (χ0) is 20.4. The monoisotopic (exact) mass is 409 g/mol. The van der Waals surface area contributed by atoms with Crippen molar-refractivity contribution in [3.05, 3.63) is 89.1 Å². The quantitative estimate of drug-likeness (QED) is 0.543. The maximum Gasteiger partial charge on any atom is 0.266 e. The Morgan fingerprint density at radius 1 is 1.03 bits per heavy atom. The lowest BCUT2D eigenvalue weighted by Gasteiger charge is -2.12. The zero-order valence-electron chi connectivity index (χ0n) is 15.5. The van der Waals surface area contributed by atoms with Crippen molar-refractivity contribution in [2.45, 2.75) is 6.92 Å². The number of hydrogen-bond donors (Lipinski definition) is 0. The number of halogens is 2. The van der Waals surface area contributed by atoms with E-state index in [2.05, 4.69) is 4.99 Å². The van der Waals surface area contributed by atoms with Crippen LogP contribution in [-0.4, -0.2) is 27.1 Å². The van der Waals surface area contributed by atoms with Crippen molar-refractivity contribution in [1.82, 2.24) is 9.47 Å². The van der Waals surface area contributed by atoms with Crippen molar-refractivity contribution in [1.29, 1.82) is 0 Å². The SMILES string of the molecule is CCN1C(=O)/C(=C\c2cccn2-c2ccccc2F)SC1=Nc1ccc(F)cc1. The lowest BCUT2D eigenvalue weighted by atomic mass is 10.3. The smallest absolute Gasteiger partial charge is 0.266 e. The Kier molecular flexibility index (Phi) is 5.31. The summed E-state index contributed by atoms with van der Waals surface area (Å²) in [4.78, 5) is 19.4. The Balaban J connectivity index is 1.69. The molecule has 1 aliphatic rings. The summed E-state index contributed by atoms with van der Waals surface area (Å²) in [6, 6.07) is 15.9. The van der Waals surface area contributed by atoms with Crippen molar-refractivity contribution < 1.29 is 13.6 Å². The van der Waals surface area contributed by atoms with Crippen molar-refractivity contribution >= 4 is 34.6 Å². The van der Waals surface area contributed by atoms with Gasteiger partial charge in [-0.3, -0.25) is 9.69 Å². The first kappa shape index (κ1) is 19.1. The third kappa shape index (κ3) is 3.86. The lowest BCUT2D eigenvalue weighted by Crippen LogP contribution is -2.28. The molecule has 1 aliphatic heterocycles. The highest BCUT2D eigenvalue weighted by atomic mass is 32.2. The average Bonchev–Trinajstić information content (AvgIpc) is 3.29. The molecule has 146 valence electrons. The van der Waals surface area contributed by atoms with Gasteiger partial charge in [0.15, 0.2) is 5.17 Å². The van der Waals surface area contributed by atoms with E-state index in [4.69, 9.17) is 0 Å². The van der Waals surface area contributed by atoms with Crippen LogP contribution in [0.1, 0.15) is 12.6 Å². The number of aromatic nitrogens is 1. The van der Waals surface area contributed by atoms with Gasteiger partial charge in [0, 0.05) is 18.4 Å². The Morgan fingerprint density at radius 3 is 2.52 bits per heavy atom. The minimum absolute atomic E-state index is 0.167. The number of benzene rings is 2. The van der Waals surface area contributed by atoms with Crippen LogP contribution in [0.25, 0.3) is 11.8 Å². The fraction of sp³-hybridized carbons (Fsp3) is 0.0909. The summed E-state index contributed by atoms with van der Waals surface area (Å²) < 4.78 is 29.0. The molecule has 0 saturated carbocycles. The number of carbonyl (C=O) groups is 1. The molecule has 4 rings (SSSR count). The summed E-state index contributed by atoms with van der Waals surface area (Å²) in [5.41, 5.74) is 1.66. The van der Waals surface area contributed by atoms with Crippen LogP contribution in [0.5, 0.6) is 0 Å². The molecule has 1 saturated heterocycles. The summed E-state index contributed by atoms with van der Waals surface area (Å²) in [7, 11) is 0. The predicted molar refractivity (Wildman–Crippen MR) is 112 cm³/mol. The average molecular weight is 409 g/mol. The predicted octanol–water partition coefficient (Wildman–Crippen LogP) is 5.38. The number of likely N-dealkylation sites (N-methyl/N-ethyl adjacent to an activating group) is 1. The molecular formula is C22H17F2N3OS. The molecule has 1 fully saturated rings. The topological polar surface area (TPSA) is 37.6 Å². The van der Waals surface area contributed by atoms with Gasteiger partial charge >= 0.3 is 0 Å². The molecule has 3 aromatic rings. The molecular weight excluding hydrogens is 392 g/mol. The number of thioether (sulfide) groups is 1. The molecule has 29 heavy (non-hydrogen) atoms. The van der Waals surface area contributed by atoms with Gasteiger partial charge in [0.05, 0.1) is 16.3 Å². The van der Waals surface area contributed by atoms with Crippen LogP contribution in [0.3, 0.4) is 0 Å². The molecule has 1 aromatic heterocycles. The first-order valence-corrected chi connectivity index (χ1v) is 9.86. The molecule has 0 N–H and O–H groups in total. The first-order valence-electron chi connectivity index (χ1n) is 9.04. The Morgan fingerprint density at radius 2 is 1.79 bits per heavy atom. The van der Waals surface area contributed by atoms with E-state index in [1.807, 2.05) is 13.0 Å². The van der Waals surface area contributed by atoms with Gasteiger partial charge in [-0.2, -0.15) is 0 Å². The number of carbonyl (C=O) groups excluding carboxylic acids is 1. The Bertz CT molecular complexity index is 1120. The normalized spacial score (nSPS) is 16.9. The summed E-state index contributed by atoms with van der Waals surface area (Å²) >= 11 is 1.24. The Hall–Kier alpha value is -3.19. The number of nitrogens with zero attached hydrogens (tertiary/aromatic N) is 3. The van der Waals surface area contributed by atoms with E-state index in [-0.39, 0.29) is 17.5 Å². The van der Waals surface area contributed by atoms with E-state index in [0.717, 1.165) is 0 Å². The number of aliphatic imine (C=N–C) groups is 1. The summed E-state index contributed by atoms with van der Waals surface area (Å²) in [5, 5.41) is 0.527. The molecule has 4 nitrogen and oxygen atoms in total. The van der Waals surface area contributed by atoms with E-state index >= 15 is 0 Å². The molecule has 0 atom stereocenters. The second-order valence-corrected chi connectivity index (χ2v) is 7.29. The summed E-state index contributed by atoms with van der Waals surface area (Å²) in [6.07, 6.45) is 3.48. The standard InChI is InChI=1S/C22H17F2N3OS/c1-2-26-21(28)20(29-22(26)25-16-11-9-15(23)10-12-16)14-17-6-5-13-27(17)19-8-4-3-7-18(19)24/h3-14H,2H2,1H3/b20-14+,25-22?. The van der Waals surface area contributed by atoms with Gasteiger partial charge in [-0.15, -0.1) is 0 Å². The van der Waals surface area contributed by atoms with E-state index in [9.17, 15) is 13.6 Å². The number of amidine groups is 1. The molecule has 0 radical (unpaired) electrons. The maximum atomic E-state index is 14.2. The second kappa shape index (κ2) is 8.05. The van der Waals surface area contributed by atoms with Crippen LogP contribution in [-0.2, 0) is 4.79 Å². The second-order valence-electron chi connectivity index (χ2n) is 6.29. The first-order chi connectivity index (χ1) is 14.1. The molecule has 0 bridgehead atoms. The molecule has 0 aliphatic carbocycles. The van der Waals surface area contributed by atoms with Gasteiger partial charge < -0.3 is 4.57 Å². The minimum atomic E-state index is -0.345. The third-order valence-electron chi connectivity index (χ3n) is 4.43. The lowest BCUT2D eigenvalue weighted by molar-refractivity contribution is -0.122. The van der Waals surface area contributed by atoms with Crippen LogP contribution in [0, 0.1) is 11.6 Å². The highest BCUT2D eigenvalue weighted by Gasteiger charge is 2.32. The Labute approximate surface area is 171 Å². The van der Waals surface area contributed by atoms with E-state index in [1.165, 1.54) is 30.0 Å². The van der Waals surface area contributed by atoms with Crippen LogP contribution in [0.4, 0.5) is 14.5 Å². The van der Waals surface area contributed by atoms with Gasteiger partial charge in [-0.1, -0.05) is 12.1 Å². The van der Waals surface area contributed by atoms with Gasteiger partial charge in [0.2, 0.25) is 0 Å². The summed E-state index contributed by atoms with van der Waals surface area (Å²) in [6.45, 7) is 2.32. The van der Waals surface area contributed by atoms with Crippen LogP contribution in [0.2, 0.25) is 0 Å². The van der Waals surface area contributed by atoms with Crippen molar-refractivity contribution in [2.24, 2.45) is 4.99 Å². The van der Waals surface area contributed by atoms with Gasteiger partial charge in [-0.05, 0) is 73.3 Å². The number of para-hydroxylation sites is 1. The van der Waals surface area contributed by atoms with Crippen molar-refractivity contribution in [2.75, 3.05) is 6.54 Å². The van der Waals surface area contributed by atoms with E-state index in [1.54, 1.807) is 58.1 Å². The summed E-state index contributed by atoms with van der Waals surface area (Å²) in [5.74, 6) is -0.854. The molecule has 7 heteroatoms. The molecule has 2 aromatic carbocycles. The van der Waals surface area contributed by atoms with Crippen LogP contribution < -0.4 is 0 Å². The van der Waals surface area contributed by atoms with Crippen molar-refractivity contribution in [3.8, 4) is 5.69 Å². The fourth-order valence-corrected chi connectivity index (χ4v) is 4.06. The zero-order valence-corrected chi connectivity index (χ0v) is 16.4. The minimum Gasteiger partial charge on any atom is -0.314 e. The molecule has 2 heterocycles. The number of rotatable bonds is 4. The molecule has 0 unspecified atom stereocenters. The number of hydrogen-bond acceptors (Lipinski definition) is 3.